The quantitative estimate of drug-likeness (QED) is 0.606. The largest absolute Gasteiger partial charge is 0.351 e. The lowest BCUT2D eigenvalue weighted by Gasteiger charge is -2.10. The number of anilines is 2. The van der Waals surface area contributed by atoms with E-state index in [4.69, 9.17) is 5.73 Å². The maximum Gasteiger partial charge on any atom is 0.316 e. The van der Waals surface area contributed by atoms with Crippen molar-refractivity contribution in [3.05, 3.63) is 95.6 Å². The van der Waals surface area contributed by atoms with Gasteiger partial charge in [0.2, 0.25) is 0 Å². The van der Waals surface area contributed by atoms with Crippen molar-refractivity contribution in [3.63, 3.8) is 0 Å². The van der Waals surface area contributed by atoms with Crippen molar-refractivity contribution < 1.29 is 14.4 Å². The molecular formula is C21H17N3O3. The molecule has 0 unspecified atom stereocenters. The first-order chi connectivity index (χ1) is 13.0. The smallest absolute Gasteiger partial charge is 0.316 e. The lowest BCUT2D eigenvalue weighted by Crippen LogP contribution is -2.19. The zero-order valence-electron chi connectivity index (χ0n) is 14.3. The van der Waals surface area contributed by atoms with Crippen LogP contribution in [0.2, 0.25) is 0 Å². The molecule has 6 heteroatoms. The number of nitrogens with two attached hydrogens (primary N) is 1. The van der Waals surface area contributed by atoms with Crippen molar-refractivity contribution in [1.82, 2.24) is 0 Å². The summed E-state index contributed by atoms with van der Waals surface area (Å²) in [5.41, 5.74) is 7.22. The third-order valence-electron chi connectivity index (χ3n) is 3.86. The number of primary amides is 1. The van der Waals surface area contributed by atoms with Gasteiger partial charge in [0.15, 0.2) is 5.78 Å². The Morgan fingerprint density at radius 1 is 0.630 bits per heavy atom. The van der Waals surface area contributed by atoms with E-state index >= 15 is 0 Å². The average Bonchev–Trinajstić information content (AvgIpc) is 2.69. The molecule has 0 saturated carbocycles. The first-order valence-corrected chi connectivity index (χ1v) is 8.21. The standard InChI is InChI=1S/C21H17N3O3/c22-21(27)24-16-12-10-15(11-13-16)23-20(26)18-9-5-4-8-17(18)19(25)14-6-2-1-3-7-14/h1-13H,(H,23,26)(H3,22,24,27). The minimum Gasteiger partial charge on any atom is -0.351 e. The van der Waals surface area contributed by atoms with Gasteiger partial charge in [-0.15, -0.1) is 0 Å². The van der Waals surface area contributed by atoms with Gasteiger partial charge in [-0.1, -0.05) is 48.5 Å². The topological polar surface area (TPSA) is 101 Å². The number of urea groups is 1. The van der Waals surface area contributed by atoms with Crippen LogP contribution in [0.4, 0.5) is 16.2 Å². The molecule has 0 heterocycles. The van der Waals surface area contributed by atoms with Gasteiger partial charge in [0.1, 0.15) is 0 Å². The van der Waals surface area contributed by atoms with Crippen molar-refractivity contribution >= 4 is 29.1 Å². The van der Waals surface area contributed by atoms with Gasteiger partial charge in [-0.3, -0.25) is 9.59 Å². The molecule has 3 amide bonds. The second-order valence-corrected chi connectivity index (χ2v) is 5.76. The Balaban J connectivity index is 1.81. The molecule has 0 aromatic heterocycles. The van der Waals surface area contributed by atoms with Crippen LogP contribution in [-0.2, 0) is 0 Å². The number of amides is 3. The Morgan fingerprint density at radius 3 is 1.74 bits per heavy atom. The number of carbonyl (C=O) groups excluding carboxylic acids is 3. The molecule has 6 nitrogen and oxygen atoms in total. The summed E-state index contributed by atoms with van der Waals surface area (Å²) in [7, 11) is 0. The molecule has 134 valence electrons. The van der Waals surface area contributed by atoms with Crippen LogP contribution in [0, 0.1) is 0 Å². The predicted octanol–water partition coefficient (Wildman–Crippen LogP) is 3.66. The van der Waals surface area contributed by atoms with Gasteiger partial charge in [-0.05, 0) is 30.3 Å². The van der Waals surface area contributed by atoms with Crippen molar-refractivity contribution in [2.24, 2.45) is 5.73 Å². The van der Waals surface area contributed by atoms with Crippen LogP contribution in [-0.4, -0.2) is 17.7 Å². The maximum absolute atomic E-state index is 12.7. The Morgan fingerprint density at radius 2 is 1.15 bits per heavy atom. The molecule has 0 aliphatic heterocycles. The lowest BCUT2D eigenvalue weighted by molar-refractivity contribution is 0.0996. The summed E-state index contributed by atoms with van der Waals surface area (Å²) in [6, 6.07) is 21.3. The molecule has 0 radical (unpaired) electrons. The highest BCUT2D eigenvalue weighted by molar-refractivity contribution is 6.17. The number of hydrogen-bond acceptors (Lipinski definition) is 3. The molecule has 3 rings (SSSR count). The van der Waals surface area contributed by atoms with Gasteiger partial charge >= 0.3 is 6.03 Å². The van der Waals surface area contributed by atoms with Gasteiger partial charge in [0.25, 0.3) is 5.91 Å². The highest BCUT2D eigenvalue weighted by atomic mass is 16.2. The molecule has 4 N–H and O–H groups in total. The van der Waals surface area contributed by atoms with Crippen LogP contribution in [0.1, 0.15) is 26.3 Å². The van der Waals surface area contributed by atoms with Crippen LogP contribution in [0.25, 0.3) is 0 Å². The molecule has 3 aromatic carbocycles. The number of ketones is 1. The van der Waals surface area contributed by atoms with E-state index in [2.05, 4.69) is 10.6 Å². The van der Waals surface area contributed by atoms with E-state index in [1.165, 1.54) is 0 Å². The van der Waals surface area contributed by atoms with Crippen LogP contribution in [0.3, 0.4) is 0 Å². The summed E-state index contributed by atoms with van der Waals surface area (Å²) < 4.78 is 0. The molecule has 0 aliphatic carbocycles. The fourth-order valence-electron chi connectivity index (χ4n) is 2.60. The number of carbonyl (C=O) groups is 3. The van der Waals surface area contributed by atoms with Crippen molar-refractivity contribution in [3.8, 4) is 0 Å². The predicted molar refractivity (Wildman–Crippen MR) is 104 cm³/mol. The monoisotopic (exact) mass is 359 g/mol. The van der Waals surface area contributed by atoms with Gasteiger partial charge in [0, 0.05) is 22.5 Å². The zero-order chi connectivity index (χ0) is 19.2. The number of hydrogen-bond donors (Lipinski definition) is 3. The average molecular weight is 359 g/mol. The van der Waals surface area contributed by atoms with Gasteiger partial charge in [0.05, 0.1) is 5.56 Å². The molecule has 0 aliphatic rings. The van der Waals surface area contributed by atoms with E-state index in [1.54, 1.807) is 72.8 Å². The van der Waals surface area contributed by atoms with E-state index in [0.717, 1.165) is 0 Å². The highest BCUT2D eigenvalue weighted by Gasteiger charge is 2.18. The van der Waals surface area contributed by atoms with Crippen LogP contribution in [0.15, 0.2) is 78.9 Å². The summed E-state index contributed by atoms with van der Waals surface area (Å²) in [5.74, 6) is -0.618. The highest BCUT2D eigenvalue weighted by Crippen LogP contribution is 2.18. The summed E-state index contributed by atoms with van der Waals surface area (Å²) in [4.78, 5) is 36.3. The van der Waals surface area contributed by atoms with Crippen molar-refractivity contribution in [1.29, 1.82) is 0 Å². The summed E-state index contributed by atoms with van der Waals surface area (Å²) in [6.45, 7) is 0. The van der Waals surface area contributed by atoms with E-state index in [9.17, 15) is 14.4 Å². The molecule has 0 atom stereocenters. The fraction of sp³-hybridized carbons (Fsp3) is 0. The van der Waals surface area contributed by atoms with Gasteiger partial charge < -0.3 is 16.4 Å². The third kappa shape index (κ3) is 4.38. The molecule has 0 saturated heterocycles. The third-order valence-corrected chi connectivity index (χ3v) is 3.86. The summed E-state index contributed by atoms with van der Waals surface area (Å²) in [6.07, 6.45) is 0. The van der Waals surface area contributed by atoms with Gasteiger partial charge in [-0.25, -0.2) is 4.79 Å². The van der Waals surface area contributed by atoms with Crippen LogP contribution < -0.4 is 16.4 Å². The van der Waals surface area contributed by atoms with E-state index in [1.807, 2.05) is 6.07 Å². The summed E-state index contributed by atoms with van der Waals surface area (Å²) in [5, 5.41) is 5.19. The second kappa shape index (κ2) is 7.97. The molecule has 0 spiro atoms. The molecule has 0 bridgehead atoms. The van der Waals surface area contributed by atoms with Crippen molar-refractivity contribution in [2.75, 3.05) is 10.6 Å². The number of rotatable bonds is 5. The first kappa shape index (κ1) is 17.9. The molecule has 3 aromatic rings. The Labute approximate surface area is 156 Å². The van der Waals surface area contributed by atoms with E-state index < -0.39 is 11.9 Å². The molecule has 27 heavy (non-hydrogen) atoms. The molecule has 0 fully saturated rings. The maximum atomic E-state index is 12.7. The normalized spacial score (nSPS) is 10.1. The molecular weight excluding hydrogens is 342 g/mol. The minimum atomic E-state index is -0.667. The van der Waals surface area contributed by atoms with Crippen LogP contribution >= 0.6 is 0 Å². The zero-order valence-corrected chi connectivity index (χ0v) is 14.3. The number of nitrogens with one attached hydrogen (secondary N) is 2. The minimum absolute atomic E-state index is 0.220. The van der Waals surface area contributed by atoms with Gasteiger partial charge in [-0.2, -0.15) is 0 Å². The van der Waals surface area contributed by atoms with E-state index in [0.29, 0.717) is 22.5 Å². The van der Waals surface area contributed by atoms with E-state index in [-0.39, 0.29) is 11.3 Å². The number of benzene rings is 3. The fourth-order valence-corrected chi connectivity index (χ4v) is 2.60. The SMILES string of the molecule is NC(=O)Nc1ccc(NC(=O)c2ccccc2C(=O)c2ccccc2)cc1. The Bertz CT molecular complexity index is 983. The van der Waals surface area contributed by atoms with Crippen molar-refractivity contribution in [2.45, 2.75) is 0 Å². The Hall–Kier alpha value is -3.93. The summed E-state index contributed by atoms with van der Waals surface area (Å²) >= 11 is 0. The lowest BCUT2D eigenvalue weighted by atomic mass is 9.98. The van der Waals surface area contributed by atoms with Crippen LogP contribution in [0.5, 0.6) is 0 Å². The Kier molecular flexibility index (Phi) is 5.28. The second-order valence-electron chi connectivity index (χ2n) is 5.76. The first-order valence-electron chi connectivity index (χ1n) is 8.21.